The van der Waals surface area contributed by atoms with Gasteiger partial charge < -0.3 is 5.73 Å². The van der Waals surface area contributed by atoms with Gasteiger partial charge in [0.15, 0.2) is 0 Å². The molecular weight excluding hydrogens is 262 g/mol. The van der Waals surface area contributed by atoms with Gasteiger partial charge in [-0.25, -0.2) is 13.4 Å². The predicted molar refractivity (Wildman–Crippen MR) is 77.0 cm³/mol. The topological polar surface area (TPSA) is 85.1 Å². The molecule has 3 N–H and O–H groups in total. The van der Waals surface area contributed by atoms with E-state index in [1.165, 1.54) is 6.20 Å². The van der Waals surface area contributed by atoms with Gasteiger partial charge in [0.25, 0.3) is 0 Å². The van der Waals surface area contributed by atoms with Gasteiger partial charge in [-0.15, -0.1) is 0 Å². The molecule has 0 fully saturated rings. The van der Waals surface area contributed by atoms with Crippen molar-refractivity contribution in [2.45, 2.75) is 20.3 Å². The molecule has 1 aromatic rings. The van der Waals surface area contributed by atoms with Gasteiger partial charge in [0.2, 0.25) is 10.0 Å². The molecule has 0 spiro atoms. The quantitative estimate of drug-likeness (QED) is 0.794. The summed E-state index contributed by atoms with van der Waals surface area (Å²) in [5.74, 6) is 6.25. The summed E-state index contributed by atoms with van der Waals surface area (Å²) in [5, 5.41) is 0. The molecule has 0 aliphatic rings. The lowest BCUT2D eigenvalue weighted by Crippen LogP contribution is -2.18. The first-order valence-electron chi connectivity index (χ1n) is 6.08. The van der Waals surface area contributed by atoms with Gasteiger partial charge >= 0.3 is 0 Å². The molecule has 0 aliphatic carbocycles. The average Bonchev–Trinajstić information content (AvgIpc) is 2.34. The number of rotatable bonds is 5. The number of sulfonamides is 1. The normalized spacial score (nSPS) is 10.9. The van der Waals surface area contributed by atoms with E-state index in [1.807, 2.05) is 13.8 Å². The molecule has 1 heterocycles. The zero-order chi connectivity index (χ0) is 14.3. The van der Waals surface area contributed by atoms with E-state index in [9.17, 15) is 8.42 Å². The van der Waals surface area contributed by atoms with Crippen molar-refractivity contribution in [3.8, 4) is 11.8 Å². The Morgan fingerprint density at radius 1 is 1.47 bits per heavy atom. The van der Waals surface area contributed by atoms with Crippen LogP contribution in [0.3, 0.4) is 0 Å². The maximum Gasteiger partial charge on any atom is 0.233 e. The van der Waals surface area contributed by atoms with Gasteiger partial charge in [0.05, 0.1) is 12.3 Å². The van der Waals surface area contributed by atoms with Crippen molar-refractivity contribution >= 4 is 15.8 Å². The summed E-state index contributed by atoms with van der Waals surface area (Å²) < 4.78 is 26.1. The maximum absolute atomic E-state index is 11.8. The van der Waals surface area contributed by atoms with Gasteiger partial charge in [-0.2, -0.15) is 0 Å². The largest absolute Gasteiger partial charge is 0.320 e. The van der Waals surface area contributed by atoms with Crippen LogP contribution in [0.25, 0.3) is 0 Å². The smallest absolute Gasteiger partial charge is 0.233 e. The Morgan fingerprint density at radius 3 is 2.84 bits per heavy atom. The van der Waals surface area contributed by atoms with Gasteiger partial charge in [0.1, 0.15) is 5.82 Å². The van der Waals surface area contributed by atoms with Gasteiger partial charge in [-0.05, 0) is 24.5 Å². The average molecular weight is 281 g/mol. The predicted octanol–water partition coefficient (Wildman–Crippen LogP) is 1.18. The van der Waals surface area contributed by atoms with Crippen molar-refractivity contribution in [1.29, 1.82) is 0 Å². The summed E-state index contributed by atoms with van der Waals surface area (Å²) >= 11 is 0. The number of anilines is 1. The second-order valence-electron chi connectivity index (χ2n) is 4.54. The Labute approximate surface area is 114 Å². The Kier molecular flexibility index (Phi) is 5.80. The summed E-state index contributed by atoms with van der Waals surface area (Å²) in [6, 6.07) is 3.30. The van der Waals surface area contributed by atoms with Crippen LogP contribution in [-0.4, -0.2) is 25.7 Å². The molecule has 0 unspecified atom stereocenters. The molecule has 0 aromatic carbocycles. The third kappa shape index (κ3) is 6.22. The zero-order valence-corrected chi connectivity index (χ0v) is 12.0. The third-order valence-corrected chi connectivity index (χ3v) is 3.61. The first kappa shape index (κ1) is 15.5. The highest BCUT2D eigenvalue weighted by molar-refractivity contribution is 7.92. The minimum absolute atomic E-state index is 0.0883. The molecule has 0 aliphatic heterocycles. The molecule has 0 saturated heterocycles. The van der Waals surface area contributed by atoms with Crippen LogP contribution >= 0.6 is 0 Å². The highest BCUT2D eigenvalue weighted by Gasteiger charge is 2.12. The van der Waals surface area contributed by atoms with Gasteiger partial charge in [0, 0.05) is 11.8 Å². The highest BCUT2D eigenvalue weighted by Crippen LogP contribution is 2.10. The lowest BCUT2D eigenvalue weighted by Gasteiger charge is -2.08. The zero-order valence-electron chi connectivity index (χ0n) is 11.2. The van der Waals surface area contributed by atoms with Crippen LogP contribution in [0.15, 0.2) is 18.3 Å². The molecule has 0 bridgehead atoms. The van der Waals surface area contributed by atoms with Crippen molar-refractivity contribution in [3.05, 3.63) is 23.9 Å². The van der Waals surface area contributed by atoms with Crippen molar-refractivity contribution in [1.82, 2.24) is 4.98 Å². The second kappa shape index (κ2) is 7.12. The van der Waals surface area contributed by atoms with E-state index in [0.717, 1.165) is 0 Å². The Balaban J connectivity index is 2.76. The molecule has 0 radical (unpaired) electrons. The molecular formula is C13H19N3O2S. The van der Waals surface area contributed by atoms with Crippen LogP contribution in [0.1, 0.15) is 25.8 Å². The lowest BCUT2D eigenvalue weighted by atomic mass is 10.2. The molecule has 1 rings (SSSR count). The number of hydrogen-bond acceptors (Lipinski definition) is 4. The van der Waals surface area contributed by atoms with E-state index in [2.05, 4.69) is 21.5 Å². The minimum Gasteiger partial charge on any atom is -0.320 e. The second-order valence-corrected chi connectivity index (χ2v) is 6.38. The van der Waals surface area contributed by atoms with Gasteiger partial charge in [-0.1, -0.05) is 25.7 Å². The number of aromatic nitrogens is 1. The SMILES string of the molecule is CC(C)CCS(=O)(=O)Nc1cc(C#CCN)ccn1. The number of nitrogens with two attached hydrogens (primary N) is 1. The van der Waals surface area contributed by atoms with Crippen molar-refractivity contribution < 1.29 is 8.42 Å². The van der Waals surface area contributed by atoms with E-state index in [-0.39, 0.29) is 18.1 Å². The number of hydrogen-bond donors (Lipinski definition) is 2. The van der Waals surface area contributed by atoms with Gasteiger partial charge in [-0.3, -0.25) is 4.72 Å². The maximum atomic E-state index is 11.8. The Hall–Kier alpha value is -1.58. The summed E-state index contributed by atoms with van der Waals surface area (Å²) in [7, 11) is -3.35. The number of nitrogens with zero attached hydrogens (tertiary/aromatic N) is 1. The van der Waals surface area contributed by atoms with Crippen LogP contribution in [0, 0.1) is 17.8 Å². The Bertz CT molecular complexity index is 571. The summed E-state index contributed by atoms with van der Waals surface area (Å²) in [6.07, 6.45) is 2.13. The van der Waals surface area contributed by atoms with E-state index >= 15 is 0 Å². The monoisotopic (exact) mass is 281 g/mol. The minimum atomic E-state index is -3.35. The van der Waals surface area contributed by atoms with Crippen LogP contribution < -0.4 is 10.5 Å². The molecule has 0 saturated carbocycles. The lowest BCUT2D eigenvalue weighted by molar-refractivity contribution is 0.578. The van der Waals surface area contributed by atoms with Crippen molar-refractivity contribution in [2.24, 2.45) is 11.7 Å². The number of nitrogens with one attached hydrogen (secondary N) is 1. The fourth-order valence-corrected chi connectivity index (χ4v) is 2.63. The van der Waals surface area contributed by atoms with E-state index in [4.69, 9.17) is 5.73 Å². The molecule has 0 amide bonds. The van der Waals surface area contributed by atoms with Crippen LogP contribution in [-0.2, 0) is 10.0 Å². The van der Waals surface area contributed by atoms with Crippen LogP contribution in [0.4, 0.5) is 5.82 Å². The fourth-order valence-electron chi connectivity index (χ4n) is 1.32. The van der Waals surface area contributed by atoms with E-state index in [1.54, 1.807) is 12.1 Å². The highest BCUT2D eigenvalue weighted by atomic mass is 32.2. The molecule has 104 valence electrons. The van der Waals surface area contributed by atoms with E-state index in [0.29, 0.717) is 17.9 Å². The molecule has 1 aromatic heterocycles. The molecule has 0 atom stereocenters. The Morgan fingerprint density at radius 2 is 2.21 bits per heavy atom. The molecule has 6 heteroatoms. The first-order valence-corrected chi connectivity index (χ1v) is 7.73. The summed E-state index contributed by atoms with van der Waals surface area (Å²) in [5.41, 5.74) is 5.97. The van der Waals surface area contributed by atoms with Crippen molar-refractivity contribution in [2.75, 3.05) is 17.0 Å². The third-order valence-electron chi connectivity index (χ3n) is 2.32. The first-order chi connectivity index (χ1) is 8.93. The fraction of sp³-hybridized carbons (Fsp3) is 0.462. The van der Waals surface area contributed by atoms with E-state index < -0.39 is 10.0 Å². The van der Waals surface area contributed by atoms with Crippen LogP contribution in [0.5, 0.6) is 0 Å². The molecule has 19 heavy (non-hydrogen) atoms. The van der Waals surface area contributed by atoms with Crippen LogP contribution in [0.2, 0.25) is 0 Å². The molecule has 5 nitrogen and oxygen atoms in total. The summed E-state index contributed by atoms with van der Waals surface area (Å²) in [4.78, 5) is 3.97. The van der Waals surface area contributed by atoms with Crippen molar-refractivity contribution in [3.63, 3.8) is 0 Å². The standard InChI is InChI=1S/C13H19N3O2S/c1-11(2)6-9-19(17,18)16-13-10-12(4-3-7-14)5-8-15-13/h5,8,10-11H,6-7,9,14H2,1-2H3,(H,15,16). The number of pyridine rings is 1. The summed E-state index contributed by atoms with van der Waals surface area (Å²) in [6.45, 7) is 4.23.